The molecule has 3 aromatic rings. The highest BCUT2D eigenvalue weighted by Gasteiger charge is 2.06. The van der Waals surface area contributed by atoms with Crippen LogP contribution in [0, 0.1) is 0 Å². The molecule has 0 aliphatic rings. The van der Waals surface area contributed by atoms with Gasteiger partial charge in [-0.1, -0.05) is 43.3 Å². The van der Waals surface area contributed by atoms with Crippen LogP contribution in [0.1, 0.15) is 34.1 Å². The fourth-order valence-electron chi connectivity index (χ4n) is 2.47. The summed E-state index contributed by atoms with van der Waals surface area (Å²) in [6, 6.07) is 21.2. The van der Waals surface area contributed by atoms with Gasteiger partial charge in [0.1, 0.15) is 0 Å². The highest BCUT2D eigenvalue weighted by atomic mass is 16.1. The van der Waals surface area contributed by atoms with E-state index in [-0.39, 0.29) is 5.91 Å². The second kappa shape index (κ2) is 8.06. The van der Waals surface area contributed by atoms with Crippen LogP contribution in [0.25, 0.3) is 12.2 Å². The van der Waals surface area contributed by atoms with Gasteiger partial charge < -0.3 is 5.32 Å². The van der Waals surface area contributed by atoms with Crippen LogP contribution in [-0.2, 0) is 6.42 Å². The zero-order valence-electron chi connectivity index (χ0n) is 14.1. The maximum Gasteiger partial charge on any atom is 0.255 e. The lowest BCUT2D eigenvalue weighted by Crippen LogP contribution is -2.11. The molecule has 3 heteroatoms. The van der Waals surface area contributed by atoms with E-state index in [0.717, 1.165) is 23.4 Å². The van der Waals surface area contributed by atoms with Gasteiger partial charge in [-0.25, -0.2) is 0 Å². The summed E-state index contributed by atoms with van der Waals surface area (Å²) in [6.07, 6.45) is 6.66. The van der Waals surface area contributed by atoms with E-state index in [4.69, 9.17) is 0 Å². The molecule has 0 spiro atoms. The van der Waals surface area contributed by atoms with Crippen molar-refractivity contribution in [2.24, 2.45) is 0 Å². The first kappa shape index (κ1) is 16.7. The first-order valence-corrected chi connectivity index (χ1v) is 8.34. The van der Waals surface area contributed by atoms with Crippen molar-refractivity contribution in [3.05, 3.63) is 95.3 Å². The number of nitrogens with one attached hydrogen (secondary N) is 1. The minimum atomic E-state index is -0.103. The molecule has 0 atom stereocenters. The summed E-state index contributed by atoms with van der Waals surface area (Å²) in [5, 5.41) is 2.95. The molecule has 0 aliphatic carbocycles. The summed E-state index contributed by atoms with van der Waals surface area (Å²) < 4.78 is 0. The Morgan fingerprint density at radius 2 is 1.84 bits per heavy atom. The number of nitrogens with zero attached hydrogens (tertiary/aromatic N) is 1. The molecule has 124 valence electrons. The van der Waals surface area contributed by atoms with E-state index in [1.54, 1.807) is 6.20 Å². The number of pyridine rings is 1. The number of benzene rings is 2. The third-order valence-electron chi connectivity index (χ3n) is 3.90. The van der Waals surface area contributed by atoms with E-state index >= 15 is 0 Å². The molecule has 0 aliphatic heterocycles. The summed E-state index contributed by atoms with van der Waals surface area (Å²) in [7, 11) is 0. The predicted octanol–water partition coefficient (Wildman–Crippen LogP) is 5.07. The predicted molar refractivity (Wildman–Crippen MR) is 103 cm³/mol. The molecule has 0 radical (unpaired) electrons. The number of anilines is 1. The maximum absolute atomic E-state index is 12.4. The largest absolute Gasteiger partial charge is 0.322 e. The third kappa shape index (κ3) is 4.64. The van der Waals surface area contributed by atoms with Gasteiger partial charge in [0.25, 0.3) is 5.91 Å². The molecule has 1 N–H and O–H groups in total. The van der Waals surface area contributed by atoms with Crippen molar-refractivity contribution in [3.8, 4) is 0 Å². The van der Waals surface area contributed by atoms with Crippen LogP contribution < -0.4 is 5.32 Å². The number of aromatic nitrogens is 1. The standard InChI is InChI=1S/C22H20N2O/c1-2-17-9-12-19(13-10-17)22(25)24-21-8-5-6-18(16-21)11-14-20-7-3-4-15-23-20/h3-16H,2H2,1H3,(H,24,25)/b14-11+. The molecule has 0 fully saturated rings. The second-order valence-electron chi connectivity index (χ2n) is 5.72. The first-order valence-electron chi connectivity index (χ1n) is 8.34. The number of rotatable bonds is 5. The van der Waals surface area contributed by atoms with Crippen molar-refractivity contribution < 1.29 is 4.79 Å². The zero-order valence-corrected chi connectivity index (χ0v) is 14.1. The quantitative estimate of drug-likeness (QED) is 0.711. The lowest BCUT2D eigenvalue weighted by Gasteiger charge is -2.07. The van der Waals surface area contributed by atoms with E-state index in [9.17, 15) is 4.79 Å². The van der Waals surface area contributed by atoms with Gasteiger partial charge in [-0.2, -0.15) is 0 Å². The van der Waals surface area contributed by atoms with Gasteiger partial charge in [0, 0.05) is 17.4 Å². The average molecular weight is 328 g/mol. The van der Waals surface area contributed by atoms with Gasteiger partial charge >= 0.3 is 0 Å². The van der Waals surface area contributed by atoms with Crippen molar-refractivity contribution in [1.29, 1.82) is 0 Å². The van der Waals surface area contributed by atoms with Crippen molar-refractivity contribution in [3.63, 3.8) is 0 Å². The Bertz CT molecular complexity index is 868. The van der Waals surface area contributed by atoms with Crippen molar-refractivity contribution >= 4 is 23.7 Å². The Hall–Kier alpha value is -3.20. The minimum absolute atomic E-state index is 0.103. The summed E-state index contributed by atoms with van der Waals surface area (Å²) in [5.41, 5.74) is 4.55. The Morgan fingerprint density at radius 3 is 2.56 bits per heavy atom. The summed E-state index contributed by atoms with van der Waals surface area (Å²) in [5.74, 6) is -0.103. The van der Waals surface area contributed by atoms with Crippen LogP contribution in [-0.4, -0.2) is 10.9 Å². The molecule has 0 saturated carbocycles. The number of aryl methyl sites for hydroxylation is 1. The highest BCUT2D eigenvalue weighted by Crippen LogP contribution is 2.15. The highest BCUT2D eigenvalue weighted by molar-refractivity contribution is 6.04. The molecule has 0 saturated heterocycles. The Labute approximate surface area is 148 Å². The SMILES string of the molecule is CCc1ccc(C(=O)Nc2cccc(/C=C/c3ccccn3)c2)cc1. The molecular weight excluding hydrogens is 308 g/mol. The number of carbonyl (C=O) groups excluding carboxylic acids is 1. The van der Waals surface area contributed by atoms with Crippen LogP contribution >= 0.6 is 0 Å². The Morgan fingerprint density at radius 1 is 1.00 bits per heavy atom. The van der Waals surface area contributed by atoms with Crippen LogP contribution in [0.2, 0.25) is 0 Å². The molecule has 0 bridgehead atoms. The van der Waals surface area contributed by atoms with Crippen LogP contribution in [0.4, 0.5) is 5.69 Å². The topological polar surface area (TPSA) is 42.0 Å². The lowest BCUT2D eigenvalue weighted by atomic mass is 10.1. The smallest absolute Gasteiger partial charge is 0.255 e. The molecule has 1 aromatic heterocycles. The van der Waals surface area contributed by atoms with E-state index in [1.807, 2.05) is 78.9 Å². The Kier molecular flexibility index (Phi) is 5.37. The Balaban J connectivity index is 1.70. The fraction of sp³-hybridized carbons (Fsp3) is 0.0909. The minimum Gasteiger partial charge on any atom is -0.322 e. The molecule has 1 heterocycles. The molecular formula is C22H20N2O. The second-order valence-corrected chi connectivity index (χ2v) is 5.72. The van der Waals surface area contributed by atoms with Crippen molar-refractivity contribution in [2.45, 2.75) is 13.3 Å². The van der Waals surface area contributed by atoms with E-state index in [0.29, 0.717) is 5.56 Å². The third-order valence-corrected chi connectivity index (χ3v) is 3.90. The summed E-state index contributed by atoms with van der Waals surface area (Å²) >= 11 is 0. The number of carbonyl (C=O) groups is 1. The van der Waals surface area contributed by atoms with Crippen LogP contribution in [0.3, 0.4) is 0 Å². The summed E-state index contributed by atoms with van der Waals surface area (Å²) in [4.78, 5) is 16.6. The average Bonchev–Trinajstić information content (AvgIpc) is 2.67. The van der Waals surface area contributed by atoms with E-state index in [2.05, 4.69) is 17.2 Å². The van der Waals surface area contributed by atoms with E-state index < -0.39 is 0 Å². The van der Waals surface area contributed by atoms with Crippen molar-refractivity contribution in [2.75, 3.05) is 5.32 Å². The van der Waals surface area contributed by atoms with E-state index in [1.165, 1.54) is 5.56 Å². The number of hydrogen-bond donors (Lipinski definition) is 1. The summed E-state index contributed by atoms with van der Waals surface area (Å²) in [6.45, 7) is 2.10. The molecule has 2 aromatic carbocycles. The van der Waals surface area contributed by atoms with Crippen LogP contribution in [0.5, 0.6) is 0 Å². The monoisotopic (exact) mass is 328 g/mol. The maximum atomic E-state index is 12.4. The first-order chi connectivity index (χ1) is 12.2. The van der Waals surface area contributed by atoms with Gasteiger partial charge in [-0.05, 0) is 60.0 Å². The van der Waals surface area contributed by atoms with Gasteiger partial charge in [0.15, 0.2) is 0 Å². The van der Waals surface area contributed by atoms with Gasteiger partial charge in [0.05, 0.1) is 5.69 Å². The molecule has 3 rings (SSSR count). The molecule has 0 unspecified atom stereocenters. The molecule has 25 heavy (non-hydrogen) atoms. The van der Waals surface area contributed by atoms with Gasteiger partial charge in [0.2, 0.25) is 0 Å². The number of hydrogen-bond acceptors (Lipinski definition) is 2. The number of amides is 1. The normalized spacial score (nSPS) is 10.8. The van der Waals surface area contributed by atoms with Crippen LogP contribution in [0.15, 0.2) is 72.9 Å². The zero-order chi connectivity index (χ0) is 17.5. The fourth-order valence-corrected chi connectivity index (χ4v) is 2.47. The lowest BCUT2D eigenvalue weighted by molar-refractivity contribution is 0.102. The molecule has 1 amide bonds. The van der Waals surface area contributed by atoms with Gasteiger partial charge in [-0.15, -0.1) is 0 Å². The molecule has 3 nitrogen and oxygen atoms in total. The van der Waals surface area contributed by atoms with Gasteiger partial charge in [-0.3, -0.25) is 9.78 Å². The van der Waals surface area contributed by atoms with Crippen molar-refractivity contribution in [1.82, 2.24) is 4.98 Å².